The van der Waals surface area contributed by atoms with Crippen LogP contribution in [0.15, 0.2) is 23.1 Å². The predicted octanol–water partition coefficient (Wildman–Crippen LogP) is 0.703. The van der Waals surface area contributed by atoms with Crippen LogP contribution in [0.3, 0.4) is 0 Å². The molecule has 2 rings (SSSR count). The maximum absolute atomic E-state index is 11.6. The molecule has 22 heavy (non-hydrogen) atoms. The van der Waals surface area contributed by atoms with Crippen LogP contribution in [-0.4, -0.2) is 29.4 Å². The number of amides is 1. The van der Waals surface area contributed by atoms with Gasteiger partial charge in [0, 0.05) is 0 Å². The molecule has 1 amide bonds. The van der Waals surface area contributed by atoms with Gasteiger partial charge < -0.3 is 24.7 Å². The van der Waals surface area contributed by atoms with Gasteiger partial charge in [0.25, 0.3) is 5.91 Å². The van der Waals surface area contributed by atoms with E-state index >= 15 is 0 Å². The fraction of sp³-hybridized carbons (Fsp3) is 0.214. The van der Waals surface area contributed by atoms with E-state index in [2.05, 4.69) is 5.32 Å². The molecule has 1 aromatic rings. The summed E-state index contributed by atoms with van der Waals surface area (Å²) < 4.78 is 10.9. The van der Waals surface area contributed by atoms with Crippen molar-refractivity contribution >= 4 is 46.3 Å². The third kappa shape index (κ3) is 4.22. The highest BCUT2D eigenvalue weighted by atomic mass is 32.2. The first kappa shape index (κ1) is 16.3. The summed E-state index contributed by atoms with van der Waals surface area (Å²) in [6.45, 7) is 1.63. The topological polar surface area (TPSA) is 87.7 Å². The van der Waals surface area contributed by atoms with Crippen LogP contribution in [0.5, 0.6) is 11.5 Å². The molecule has 1 aromatic carbocycles. The second kappa shape index (κ2) is 7.28. The molecule has 0 atom stereocenters. The van der Waals surface area contributed by atoms with Crippen LogP contribution in [0.2, 0.25) is 0 Å². The molecule has 1 N–H and O–H groups in total. The van der Waals surface area contributed by atoms with Crippen LogP contribution in [0.1, 0.15) is 12.5 Å². The molecular formula is C14H12NO5S2-. The molecule has 0 spiro atoms. The number of thiocarbonyl (C=S) groups is 1. The van der Waals surface area contributed by atoms with Crippen molar-refractivity contribution in [3.8, 4) is 11.5 Å². The number of benzene rings is 1. The second-order valence-corrected chi connectivity index (χ2v) is 5.87. The summed E-state index contributed by atoms with van der Waals surface area (Å²) in [6, 6.07) is 4.93. The normalized spacial score (nSPS) is 15.8. The van der Waals surface area contributed by atoms with Gasteiger partial charge in [0.15, 0.2) is 11.5 Å². The molecule has 6 nitrogen and oxygen atoms in total. The number of aliphatic carboxylic acids is 1. The first-order valence-corrected chi connectivity index (χ1v) is 7.56. The quantitative estimate of drug-likeness (QED) is 0.603. The summed E-state index contributed by atoms with van der Waals surface area (Å²) in [4.78, 5) is 22.6. The van der Waals surface area contributed by atoms with E-state index in [-0.39, 0.29) is 5.91 Å². The van der Waals surface area contributed by atoms with E-state index in [0.29, 0.717) is 32.9 Å². The lowest BCUT2D eigenvalue weighted by Gasteiger charge is -2.13. The zero-order chi connectivity index (χ0) is 16.1. The average molecular weight is 338 g/mol. The van der Waals surface area contributed by atoms with Gasteiger partial charge in [0.05, 0.1) is 17.5 Å². The van der Waals surface area contributed by atoms with Gasteiger partial charge in [-0.05, 0) is 30.7 Å². The van der Waals surface area contributed by atoms with Crippen molar-refractivity contribution in [1.82, 2.24) is 5.32 Å². The summed E-state index contributed by atoms with van der Waals surface area (Å²) in [7, 11) is 0. The van der Waals surface area contributed by atoms with Crippen LogP contribution in [0.25, 0.3) is 6.08 Å². The van der Waals surface area contributed by atoms with Gasteiger partial charge in [-0.1, -0.05) is 30.0 Å². The minimum Gasteiger partial charge on any atom is -0.546 e. The number of carbonyl (C=O) groups is 2. The monoisotopic (exact) mass is 338 g/mol. The zero-order valence-corrected chi connectivity index (χ0v) is 13.2. The van der Waals surface area contributed by atoms with Crippen LogP contribution in [0.4, 0.5) is 0 Å². The fourth-order valence-electron chi connectivity index (χ4n) is 1.71. The van der Waals surface area contributed by atoms with E-state index in [1.165, 1.54) is 11.8 Å². The van der Waals surface area contributed by atoms with E-state index in [1.807, 2.05) is 0 Å². The van der Waals surface area contributed by atoms with Gasteiger partial charge in [-0.15, -0.1) is 0 Å². The summed E-state index contributed by atoms with van der Waals surface area (Å²) in [5.74, 6) is -0.872. The molecule has 0 aromatic heterocycles. The van der Waals surface area contributed by atoms with Crippen LogP contribution < -0.4 is 19.9 Å². The first-order valence-electron chi connectivity index (χ1n) is 6.34. The van der Waals surface area contributed by atoms with E-state index in [0.717, 1.165) is 0 Å². The Morgan fingerprint density at radius 3 is 2.77 bits per heavy atom. The summed E-state index contributed by atoms with van der Waals surface area (Å²) in [5.41, 5.74) is 0.714. The van der Waals surface area contributed by atoms with Gasteiger partial charge >= 0.3 is 0 Å². The molecule has 0 radical (unpaired) electrons. The third-order valence-electron chi connectivity index (χ3n) is 2.55. The van der Waals surface area contributed by atoms with Crippen molar-refractivity contribution in [1.29, 1.82) is 0 Å². The highest BCUT2D eigenvalue weighted by Gasteiger charge is 2.22. The SMILES string of the molecule is CCOc1cc(/C=C2\SC(=S)NC2=O)ccc1OCC(=O)[O-]. The summed E-state index contributed by atoms with van der Waals surface area (Å²) in [5, 5.41) is 13.0. The summed E-state index contributed by atoms with van der Waals surface area (Å²) in [6.07, 6.45) is 1.67. The Morgan fingerprint density at radius 1 is 1.41 bits per heavy atom. The molecular weight excluding hydrogens is 326 g/mol. The number of thioether (sulfide) groups is 1. The van der Waals surface area contributed by atoms with E-state index in [4.69, 9.17) is 21.7 Å². The van der Waals surface area contributed by atoms with E-state index in [9.17, 15) is 14.7 Å². The van der Waals surface area contributed by atoms with Crippen LogP contribution in [0, 0.1) is 0 Å². The number of ether oxygens (including phenoxy) is 2. The van der Waals surface area contributed by atoms with Crippen LogP contribution >= 0.6 is 24.0 Å². The first-order chi connectivity index (χ1) is 10.5. The Morgan fingerprint density at radius 2 is 2.18 bits per heavy atom. The molecule has 1 aliphatic rings. The number of carboxylic acid groups (broad SMARTS) is 1. The molecule has 1 aliphatic heterocycles. The molecule has 0 bridgehead atoms. The molecule has 1 heterocycles. The van der Waals surface area contributed by atoms with Gasteiger partial charge in [-0.25, -0.2) is 0 Å². The number of carboxylic acids is 1. The predicted molar refractivity (Wildman–Crippen MR) is 84.4 cm³/mol. The van der Waals surface area contributed by atoms with E-state index < -0.39 is 12.6 Å². The molecule has 1 fully saturated rings. The number of carbonyl (C=O) groups excluding carboxylic acids is 2. The minimum absolute atomic E-state index is 0.245. The largest absolute Gasteiger partial charge is 0.546 e. The number of nitrogens with one attached hydrogen (secondary N) is 1. The summed E-state index contributed by atoms with van der Waals surface area (Å²) >= 11 is 6.10. The lowest BCUT2D eigenvalue weighted by molar-refractivity contribution is -0.307. The van der Waals surface area contributed by atoms with Crippen molar-refractivity contribution in [3.63, 3.8) is 0 Å². The number of hydrogen-bond acceptors (Lipinski definition) is 7. The Bertz CT molecular complexity index is 657. The highest BCUT2D eigenvalue weighted by Crippen LogP contribution is 2.31. The van der Waals surface area contributed by atoms with Gasteiger partial charge in [0.2, 0.25) is 0 Å². The Balaban J connectivity index is 2.25. The second-order valence-electron chi connectivity index (χ2n) is 4.15. The molecule has 1 saturated heterocycles. The molecule has 116 valence electrons. The van der Waals surface area contributed by atoms with Gasteiger partial charge in [-0.3, -0.25) is 4.79 Å². The Labute approximate surface area is 136 Å². The number of rotatable bonds is 6. The Hall–Kier alpha value is -2.06. The third-order valence-corrected chi connectivity index (χ3v) is 3.72. The molecule has 0 aliphatic carbocycles. The average Bonchev–Trinajstić information content (AvgIpc) is 2.76. The lowest BCUT2D eigenvalue weighted by atomic mass is 10.2. The smallest absolute Gasteiger partial charge is 0.263 e. The van der Waals surface area contributed by atoms with Gasteiger partial charge in [-0.2, -0.15) is 0 Å². The number of hydrogen-bond donors (Lipinski definition) is 1. The molecule has 0 saturated carbocycles. The zero-order valence-electron chi connectivity index (χ0n) is 11.6. The lowest BCUT2D eigenvalue weighted by Crippen LogP contribution is -2.29. The maximum Gasteiger partial charge on any atom is 0.263 e. The van der Waals surface area contributed by atoms with Crippen molar-refractivity contribution in [2.75, 3.05) is 13.2 Å². The minimum atomic E-state index is -1.32. The fourth-order valence-corrected chi connectivity index (χ4v) is 2.76. The van der Waals surface area contributed by atoms with Gasteiger partial charge in [0.1, 0.15) is 10.9 Å². The van der Waals surface area contributed by atoms with Crippen molar-refractivity contribution in [2.24, 2.45) is 0 Å². The van der Waals surface area contributed by atoms with Crippen molar-refractivity contribution in [2.45, 2.75) is 6.92 Å². The van der Waals surface area contributed by atoms with E-state index in [1.54, 1.807) is 31.2 Å². The molecule has 8 heteroatoms. The van der Waals surface area contributed by atoms with Crippen molar-refractivity contribution < 1.29 is 24.2 Å². The van der Waals surface area contributed by atoms with Crippen LogP contribution in [-0.2, 0) is 9.59 Å². The maximum atomic E-state index is 11.6. The van der Waals surface area contributed by atoms with Crippen molar-refractivity contribution in [3.05, 3.63) is 28.7 Å². The highest BCUT2D eigenvalue weighted by molar-refractivity contribution is 8.26. The standard InChI is InChI=1S/C14H13NO5S2/c1-2-19-10-5-8(3-4-9(10)20-7-12(16)17)6-11-13(18)15-14(21)22-11/h3-6H,2,7H2,1H3,(H,16,17)(H,15,18,21)/p-1/b11-6-. The Kier molecular flexibility index (Phi) is 5.40. The molecule has 0 unspecified atom stereocenters.